The summed E-state index contributed by atoms with van der Waals surface area (Å²) in [7, 11) is 1.72. The smallest absolute Gasteiger partial charge is 0.0954 e. The molecule has 0 fully saturated rings. The molecule has 0 radical (unpaired) electrons. The molecule has 3 nitrogen and oxygen atoms in total. The van der Waals surface area contributed by atoms with Crippen molar-refractivity contribution in [2.45, 2.75) is 45.3 Å². The second-order valence-corrected chi connectivity index (χ2v) is 5.59. The van der Waals surface area contributed by atoms with Gasteiger partial charge in [-0.2, -0.15) is 0 Å². The zero-order valence-electron chi connectivity index (χ0n) is 9.91. The number of ether oxygens (including phenoxy) is 1. The maximum Gasteiger partial charge on any atom is 0.0954 e. The van der Waals surface area contributed by atoms with Crippen molar-refractivity contribution in [3.8, 4) is 0 Å². The molecule has 0 aliphatic rings. The highest BCUT2D eigenvalue weighted by Gasteiger charge is 2.14. The van der Waals surface area contributed by atoms with E-state index >= 15 is 0 Å². The maximum atomic E-state index is 5.94. The molecule has 4 heteroatoms. The minimum atomic E-state index is -0.182. The van der Waals surface area contributed by atoms with Gasteiger partial charge in [-0.05, 0) is 20.8 Å². The molecule has 0 spiro atoms. The molecular weight excluding hydrogens is 208 g/mol. The van der Waals surface area contributed by atoms with Crippen molar-refractivity contribution in [1.29, 1.82) is 0 Å². The molecule has 0 bridgehead atoms. The van der Waals surface area contributed by atoms with Crippen molar-refractivity contribution < 1.29 is 4.74 Å². The average Bonchev–Trinajstić information content (AvgIpc) is 2.49. The van der Waals surface area contributed by atoms with E-state index < -0.39 is 0 Å². The third kappa shape index (κ3) is 4.73. The predicted octanol–water partition coefficient (Wildman–Crippen LogP) is 2.00. The van der Waals surface area contributed by atoms with Crippen molar-refractivity contribution >= 4 is 11.3 Å². The van der Waals surface area contributed by atoms with Gasteiger partial charge in [-0.3, -0.25) is 0 Å². The Bertz CT molecular complexity index is 304. The van der Waals surface area contributed by atoms with Gasteiger partial charge in [0.2, 0.25) is 0 Å². The van der Waals surface area contributed by atoms with Gasteiger partial charge in [0.25, 0.3) is 0 Å². The quantitative estimate of drug-likeness (QED) is 0.838. The monoisotopic (exact) mass is 228 g/mol. The summed E-state index contributed by atoms with van der Waals surface area (Å²) >= 11 is 1.69. The van der Waals surface area contributed by atoms with Crippen LogP contribution in [0.25, 0.3) is 0 Å². The fourth-order valence-corrected chi connectivity index (χ4v) is 2.23. The van der Waals surface area contributed by atoms with E-state index in [1.165, 1.54) is 0 Å². The van der Waals surface area contributed by atoms with E-state index in [0.717, 1.165) is 23.5 Å². The number of rotatable bonds is 5. The van der Waals surface area contributed by atoms with Crippen LogP contribution < -0.4 is 5.73 Å². The Morgan fingerprint density at radius 3 is 2.80 bits per heavy atom. The Morgan fingerprint density at radius 2 is 2.27 bits per heavy atom. The van der Waals surface area contributed by atoms with Crippen molar-refractivity contribution in [1.82, 2.24) is 4.98 Å². The van der Waals surface area contributed by atoms with E-state index in [0.29, 0.717) is 0 Å². The molecule has 0 saturated heterocycles. The Kier molecular flexibility index (Phi) is 4.25. The first kappa shape index (κ1) is 12.6. The van der Waals surface area contributed by atoms with Crippen LogP contribution in [0.4, 0.5) is 0 Å². The molecule has 15 heavy (non-hydrogen) atoms. The van der Waals surface area contributed by atoms with Gasteiger partial charge >= 0.3 is 0 Å². The first-order chi connectivity index (χ1) is 6.90. The number of hydrogen-bond donors (Lipinski definition) is 1. The van der Waals surface area contributed by atoms with Crippen LogP contribution in [0, 0.1) is 0 Å². The molecule has 0 amide bonds. The standard InChI is InChI=1S/C11H20N2OS/c1-8(14-4)5-10-13-9(7-15-10)6-11(2,3)12/h7-8H,5-6,12H2,1-4H3. The van der Waals surface area contributed by atoms with Crippen molar-refractivity contribution in [2.75, 3.05) is 7.11 Å². The zero-order chi connectivity index (χ0) is 11.5. The summed E-state index contributed by atoms with van der Waals surface area (Å²) in [5, 5.41) is 3.22. The fourth-order valence-electron chi connectivity index (χ4n) is 1.32. The second kappa shape index (κ2) is 5.05. The minimum absolute atomic E-state index is 0.182. The molecule has 1 aromatic heterocycles. The van der Waals surface area contributed by atoms with Gasteiger partial charge in [0.15, 0.2) is 0 Å². The highest BCUT2D eigenvalue weighted by molar-refractivity contribution is 7.09. The summed E-state index contributed by atoms with van der Waals surface area (Å²) in [6, 6.07) is 0. The second-order valence-electron chi connectivity index (χ2n) is 4.65. The molecule has 1 rings (SSSR count). The molecule has 1 aromatic rings. The lowest BCUT2D eigenvalue weighted by Crippen LogP contribution is -2.34. The van der Waals surface area contributed by atoms with Gasteiger partial charge in [0.05, 0.1) is 16.8 Å². The molecule has 0 aliphatic heterocycles. The number of thiazole rings is 1. The van der Waals surface area contributed by atoms with Crippen LogP contribution in [-0.4, -0.2) is 23.7 Å². The van der Waals surface area contributed by atoms with Gasteiger partial charge in [0.1, 0.15) is 0 Å². The van der Waals surface area contributed by atoms with Crippen molar-refractivity contribution in [3.63, 3.8) is 0 Å². The highest BCUT2D eigenvalue weighted by atomic mass is 32.1. The minimum Gasteiger partial charge on any atom is -0.381 e. The Balaban J connectivity index is 2.56. The molecule has 2 N–H and O–H groups in total. The van der Waals surface area contributed by atoms with Crippen LogP contribution in [0.2, 0.25) is 0 Å². The molecule has 1 unspecified atom stereocenters. The summed E-state index contributed by atoms with van der Waals surface area (Å²) in [6.45, 7) is 6.08. The lowest BCUT2D eigenvalue weighted by molar-refractivity contribution is 0.118. The van der Waals surface area contributed by atoms with Gasteiger partial charge in [-0.15, -0.1) is 11.3 Å². The van der Waals surface area contributed by atoms with E-state index in [4.69, 9.17) is 10.5 Å². The molecule has 0 saturated carbocycles. The normalized spacial score (nSPS) is 14.2. The predicted molar refractivity (Wildman–Crippen MR) is 64.3 cm³/mol. The number of methoxy groups -OCH3 is 1. The number of nitrogens with zero attached hydrogens (tertiary/aromatic N) is 1. The molecule has 1 atom stereocenters. The number of hydrogen-bond acceptors (Lipinski definition) is 4. The van der Waals surface area contributed by atoms with Crippen LogP contribution >= 0.6 is 11.3 Å². The first-order valence-corrected chi connectivity index (χ1v) is 6.03. The summed E-state index contributed by atoms with van der Waals surface area (Å²) in [4.78, 5) is 4.54. The van der Waals surface area contributed by atoms with Gasteiger partial charge in [-0.1, -0.05) is 0 Å². The lowest BCUT2D eigenvalue weighted by atomic mass is 10.0. The summed E-state index contributed by atoms with van der Waals surface area (Å²) < 4.78 is 5.21. The van der Waals surface area contributed by atoms with E-state index in [9.17, 15) is 0 Å². The number of aromatic nitrogens is 1. The molecule has 0 aliphatic carbocycles. The third-order valence-corrected chi connectivity index (χ3v) is 3.02. The van der Waals surface area contributed by atoms with Crippen LogP contribution in [0.1, 0.15) is 31.5 Å². The third-order valence-electron chi connectivity index (χ3n) is 2.10. The van der Waals surface area contributed by atoms with Crippen molar-refractivity contribution in [3.05, 3.63) is 16.1 Å². The van der Waals surface area contributed by atoms with Crippen LogP contribution in [0.5, 0.6) is 0 Å². The van der Waals surface area contributed by atoms with E-state index in [1.54, 1.807) is 18.4 Å². The molecule has 0 aromatic carbocycles. The average molecular weight is 228 g/mol. The van der Waals surface area contributed by atoms with E-state index in [1.807, 2.05) is 20.8 Å². The fraction of sp³-hybridized carbons (Fsp3) is 0.727. The Labute approximate surface area is 95.7 Å². The zero-order valence-corrected chi connectivity index (χ0v) is 10.7. The van der Waals surface area contributed by atoms with Crippen LogP contribution in [0.15, 0.2) is 5.38 Å². The van der Waals surface area contributed by atoms with E-state index in [2.05, 4.69) is 10.4 Å². The van der Waals surface area contributed by atoms with Crippen LogP contribution in [0.3, 0.4) is 0 Å². The number of nitrogens with two attached hydrogens (primary N) is 1. The Morgan fingerprint density at radius 1 is 1.60 bits per heavy atom. The summed E-state index contributed by atoms with van der Waals surface area (Å²) in [5.74, 6) is 0. The largest absolute Gasteiger partial charge is 0.381 e. The summed E-state index contributed by atoms with van der Waals surface area (Å²) in [6.07, 6.45) is 1.94. The molecular formula is C11H20N2OS. The Hall–Kier alpha value is -0.450. The molecule has 1 heterocycles. The van der Waals surface area contributed by atoms with E-state index in [-0.39, 0.29) is 11.6 Å². The highest BCUT2D eigenvalue weighted by Crippen LogP contribution is 2.16. The molecule has 86 valence electrons. The topological polar surface area (TPSA) is 48.1 Å². The summed E-state index contributed by atoms with van der Waals surface area (Å²) in [5.41, 5.74) is 6.85. The van der Waals surface area contributed by atoms with Gasteiger partial charge in [0, 0.05) is 30.9 Å². The van der Waals surface area contributed by atoms with Gasteiger partial charge in [-0.25, -0.2) is 4.98 Å². The lowest BCUT2D eigenvalue weighted by Gasteiger charge is -2.16. The SMILES string of the molecule is COC(C)Cc1nc(CC(C)(C)N)cs1. The maximum absolute atomic E-state index is 5.94. The van der Waals surface area contributed by atoms with Crippen LogP contribution in [-0.2, 0) is 17.6 Å². The van der Waals surface area contributed by atoms with Crippen molar-refractivity contribution in [2.24, 2.45) is 5.73 Å². The first-order valence-electron chi connectivity index (χ1n) is 5.15. The van der Waals surface area contributed by atoms with Gasteiger partial charge < -0.3 is 10.5 Å².